The molecule has 2 aromatic rings. The zero-order chi connectivity index (χ0) is 17.3. The highest BCUT2D eigenvalue weighted by molar-refractivity contribution is 6.03. The molecule has 124 valence electrons. The fraction of sp³-hybridized carbons (Fsp3) is 0.211. The van der Waals surface area contributed by atoms with Gasteiger partial charge in [-0.15, -0.1) is 6.58 Å². The number of carbonyl (C=O) groups is 1. The maximum absolute atomic E-state index is 12.5. The molecule has 24 heavy (non-hydrogen) atoms. The van der Waals surface area contributed by atoms with Crippen LogP contribution in [0, 0.1) is 0 Å². The molecular weight excluding hydrogens is 308 g/mol. The number of phenolic OH excluding ortho intramolecular Hbond substituents is 2. The molecule has 1 aliphatic heterocycles. The average Bonchev–Trinajstić information content (AvgIpc) is 2.58. The van der Waals surface area contributed by atoms with Crippen molar-refractivity contribution in [2.24, 2.45) is 0 Å². The predicted octanol–water partition coefficient (Wildman–Crippen LogP) is 3.54. The van der Waals surface area contributed by atoms with Gasteiger partial charge in [-0.2, -0.15) is 0 Å². The molecule has 1 heterocycles. The van der Waals surface area contributed by atoms with Gasteiger partial charge in [0.25, 0.3) is 0 Å². The highest BCUT2D eigenvalue weighted by atomic mass is 16.5. The quantitative estimate of drug-likeness (QED) is 0.841. The summed E-state index contributed by atoms with van der Waals surface area (Å²) in [5.41, 5.74) is 1.22. The van der Waals surface area contributed by atoms with Gasteiger partial charge in [0, 0.05) is 11.6 Å². The molecular formula is C19H18O5. The summed E-state index contributed by atoms with van der Waals surface area (Å²) in [6.45, 7) is 3.59. The Kier molecular flexibility index (Phi) is 4.16. The van der Waals surface area contributed by atoms with Crippen LogP contribution < -0.4 is 9.47 Å². The molecule has 1 aliphatic rings. The molecule has 2 aromatic carbocycles. The minimum atomic E-state index is -0.472. The zero-order valence-corrected chi connectivity index (χ0v) is 13.3. The molecule has 3 rings (SSSR count). The van der Waals surface area contributed by atoms with E-state index in [4.69, 9.17) is 9.47 Å². The summed E-state index contributed by atoms with van der Waals surface area (Å²) in [5.74, 6) is 0.331. The van der Waals surface area contributed by atoms with Crippen LogP contribution in [0.15, 0.2) is 43.0 Å². The van der Waals surface area contributed by atoms with E-state index in [2.05, 4.69) is 6.58 Å². The van der Waals surface area contributed by atoms with Gasteiger partial charge in [-0.05, 0) is 24.1 Å². The number of phenols is 2. The van der Waals surface area contributed by atoms with E-state index >= 15 is 0 Å². The van der Waals surface area contributed by atoms with E-state index in [1.165, 1.54) is 6.07 Å². The number of carbonyl (C=O) groups excluding carboxylic acids is 1. The number of hydrogen-bond donors (Lipinski definition) is 2. The molecule has 0 saturated carbocycles. The first-order valence-electron chi connectivity index (χ1n) is 7.57. The van der Waals surface area contributed by atoms with E-state index in [-0.39, 0.29) is 47.0 Å². The molecule has 5 nitrogen and oxygen atoms in total. The monoisotopic (exact) mass is 326 g/mol. The molecule has 5 heteroatoms. The smallest absolute Gasteiger partial charge is 0.174 e. The molecule has 0 amide bonds. The molecule has 1 atom stereocenters. The molecule has 0 aromatic heterocycles. The van der Waals surface area contributed by atoms with Crippen LogP contribution in [-0.2, 0) is 6.42 Å². The number of fused-ring (bicyclic) bond motifs is 1. The lowest BCUT2D eigenvalue weighted by molar-refractivity contribution is 0.0844. The van der Waals surface area contributed by atoms with Crippen LogP contribution in [0.1, 0.15) is 34.0 Å². The van der Waals surface area contributed by atoms with Gasteiger partial charge in [0.1, 0.15) is 34.7 Å². The molecule has 1 unspecified atom stereocenters. The van der Waals surface area contributed by atoms with Gasteiger partial charge >= 0.3 is 0 Å². The first kappa shape index (κ1) is 15.9. The number of aromatic hydroxyl groups is 2. The maximum Gasteiger partial charge on any atom is 0.174 e. The van der Waals surface area contributed by atoms with Gasteiger partial charge < -0.3 is 19.7 Å². The van der Waals surface area contributed by atoms with Crippen molar-refractivity contribution in [2.45, 2.75) is 18.9 Å². The third-order valence-corrected chi connectivity index (χ3v) is 4.10. The number of allylic oxidation sites excluding steroid dienone is 1. The zero-order valence-electron chi connectivity index (χ0n) is 13.3. The molecule has 0 bridgehead atoms. The Bertz CT molecular complexity index is 792. The third kappa shape index (κ3) is 2.69. The Morgan fingerprint density at radius 2 is 2.04 bits per heavy atom. The number of benzene rings is 2. The Morgan fingerprint density at radius 1 is 1.33 bits per heavy atom. The van der Waals surface area contributed by atoms with Crippen molar-refractivity contribution in [2.75, 3.05) is 7.11 Å². The molecule has 0 radical (unpaired) electrons. The summed E-state index contributed by atoms with van der Waals surface area (Å²) < 4.78 is 11.0. The molecule has 0 spiro atoms. The van der Waals surface area contributed by atoms with Crippen molar-refractivity contribution < 1.29 is 24.5 Å². The SMILES string of the molecule is C=CCc1c(O)cc2c(c1O)C(=O)CC(c1ccc(OC)cc1)O2. The lowest BCUT2D eigenvalue weighted by atomic mass is 9.93. The van der Waals surface area contributed by atoms with Crippen LogP contribution in [0.3, 0.4) is 0 Å². The Labute approximate surface area is 139 Å². The first-order valence-corrected chi connectivity index (χ1v) is 7.57. The number of ketones is 1. The normalized spacial score (nSPS) is 16.2. The van der Waals surface area contributed by atoms with Crippen LogP contribution in [0.2, 0.25) is 0 Å². The van der Waals surface area contributed by atoms with E-state index in [1.54, 1.807) is 25.3 Å². The second-order valence-corrected chi connectivity index (χ2v) is 5.60. The topological polar surface area (TPSA) is 76.0 Å². The van der Waals surface area contributed by atoms with Crippen molar-refractivity contribution in [3.63, 3.8) is 0 Å². The highest BCUT2D eigenvalue weighted by Crippen LogP contribution is 2.44. The fourth-order valence-electron chi connectivity index (χ4n) is 2.85. The average molecular weight is 326 g/mol. The lowest BCUT2D eigenvalue weighted by Gasteiger charge is -2.27. The summed E-state index contributed by atoms with van der Waals surface area (Å²) in [4.78, 5) is 12.5. The summed E-state index contributed by atoms with van der Waals surface area (Å²) in [5, 5.41) is 20.4. The summed E-state index contributed by atoms with van der Waals surface area (Å²) in [7, 11) is 1.58. The van der Waals surface area contributed by atoms with Crippen molar-refractivity contribution in [1.29, 1.82) is 0 Å². The number of hydrogen-bond acceptors (Lipinski definition) is 5. The highest BCUT2D eigenvalue weighted by Gasteiger charge is 2.32. The number of ether oxygens (including phenoxy) is 2. The number of rotatable bonds is 4. The van der Waals surface area contributed by atoms with Gasteiger partial charge in [0.15, 0.2) is 5.78 Å². The van der Waals surface area contributed by atoms with E-state index < -0.39 is 6.10 Å². The fourth-order valence-corrected chi connectivity index (χ4v) is 2.85. The van der Waals surface area contributed by atoms with Gasteiger partial charge in [0.2, 0.25) is 0 Å². The standard InChI is InChI=1S/C19H18O5/c1-3-4-13-14(20)9-17-18(19(13)22)15(21)10-16(24-17)11-5-7-12(23-2)8-6-11/h3,5-9,16,20,22H,1,4,10H2,2H3. The van der Waals surface area contributed by atoms with E-state index in [9.17, 15) is 15.0 Å². The summed E-state index contributed by atoms with van der Waals surface area (Å²) >= 11 is 0. The first-order chi connectivity index (χ1) is 11.5. The van der Waals surface area contributed by atoms with Gasteiger partial charge in [-0.3, -0.25) is 4.79 Å². The predicted molar refractivity (Wildman–Crippen MR) is 89.0 cm³/mol. The van der Waals surface area contributed by atoms with Gasteiger partial charge in [-0.25, -0.2) is 0 Å². The Morgan fingerprint density at radius 3 is 2.67 bits per heavy atom. The van der Waals surface area contributed by atoms with Gasteiger partial charge in [0.05, 0.1) is 13.5 Å². The number of methoxy groups -OCH3 is 1. The Hall–Kier alpha value is -2.95. The van der Waals surface area contributed by atoms with Crippen molar-refractivity contribution in [1.82, 2.24) is 0 Å². The summed E-state index contributed by atoms with van der Waals surface area (Å²) in [6, 6.07) is 8.62. The van der Waals surface area contributed by atoms with Crippen LogP contribution >= 0.6 is 0 Å². The summed E-state index contributed by atoms with van der Waals surface area (Å²) in [6.07, 6.45) is 1.46. The third-order valence-electron chi connectivity index (χ3n) is 4.10. The van der Waals surface area contributed by atoms with Crippen LogP contribution in [0.4, 0.5) is 0 Å². The minimum absolute atomic E-state index is 0.116. The maximum atomic E-state index is 12.5. The second-order valence-electron chi connectivity index (χ2n) is 5.60. The molecule has 0 aliphatic carbocycles. The van der Waals surface area contributed by atoms with E-state index in [1.807, 2.05) is 12.1 Å². The number of Topliss-reactive ketones (excluding diaryl/α,β-unsaturated/α-hetero) is 1. The van der Waals surface area contributed by atoms with Crippen molar-refractivity contribution >= 4 is 5.78 Å². The van der Waals surface area contributed by atoms with Crippen LogP contribution in [0.25, 0.3) is 0 Å². The van der Waals surface area contributed by atoms with Crippen molar-refractivity contribution in [3.8, 4) is 23.0 Å². The lowest BCUT2D eigenvalue weighted by Crippen LogP contribution is -2.21. The molecule has 2 N–H and O–H groups in total. The van der Waals surface area contributed by atoms with Gasteiger partial charge in [-0.1, -0.05) is 18.2 Å². The second kappa shape index (κ2) is 6.28. The van der Waals surface area contributed by atoms with Crippen LogP contribution in [0.5, 0.6) is 23.0 Å². The van der Waals surface area contributed by atoms with E-state index in [0.717, 1.165) is 5.56 Å². The minimum Gasteiger partial charge on any atom is -0.507 e. The largest absolute Gasteiger partial charge is 0.507 e. The van der Waals surface area contributed by atoms with Crippen molar-refractivity contribution in [3.05, 3.63) is 59.7 Å². The van der Waals surface area contributed by atoms with Crippen LogP contribution in [-0.4, -0.2) is 23.1 Å². The molecule has 0 fully saturated rings. The Balaban J connectivity index is 1.98. The molecule has 0 saturated heterocycles. The van der Waals surface area contributed by atoms with E-state index in [0.29, 0.717) is 5.75 Å².